The highest BCUT2D eigenvalue weighted by atomic mass is 15.3. The monoisotopic (exact) mass is 304 g/mol. The molecule has 6 nitrogen and oxygen atoms in total. The minimum Gasteiger partial charge on any atom is -0.348 e. The number of aryl methyl sites for hydroxylation is 1. The fourth-order valence-electron chi connectivity index (χ4n) is 2.65. The van der Waals surface area contributed by atoms with Crippen LogP contribution in [0, 0.1) is 6.92 Å². The Labute approximate surface area is 133 Å². The third-order valence-electron chi connectivity index (χ3n) is 3.79. The van der Waals surface area contributed by atoms with Gasteiger partial charge in [-0.25, -0.2) is 14.6 Å². The van der Waals surface area contributed by atoms with Crippen LogP contribution in [0.5, 0.6) is 0 Å². The smallest absolute Gasteiger partial charge is 0.160 e. The lowest BCUT2D eigenvalue weighted by atomic mass is 10.2. The molecule has 0 aliphatic heterocycles. The molecule has 6 heteroatoms. The molecular formula is C17H16N6. The van der Waals surface area contributed by atoms with Crippen LogP contribution < -0.4 is 0 Å². The molecule has 0 unspecified atom stereocenters. The number of aromatic nitrogens is 6. The Bertz CT molecular complexity index is 916. The van der Waals surface area contributed by atoms with Gasteiger partial charge in [0.2, 0.25) is 0 Å². The number of rotatable bonds is 4. The van der Waals surface area contributed by atoms with E-state index in [2.05, 4.69) is 36.8 Å². The molecule has 0 saturated carbocycles. The summed E-state index contributed by atoms with van der Waals surface area (Å²) in [6.07, 6.45) is 9.20. The highest BCUT2D eigenvalue weighted by Crippen LogP contribution is 2.19. The topological polar surface area (TPSA) is 64.3 Å². The Morgan fingerprint density at radius 2 is 2.04 bits per heavy atom. The van der Waals surface area contributed by atoms with Gasteiger partial charge in [0.25, 0.3) is 0 Å². The summed E-state index contributed by atoms with van der Waals surface area (Å²) < 4.78 is 3.96. The first-order valence-corrected chi connectivity index (χ1v) is 7.42. The molecule has 0 bridgehead atoms. The maximum atomic E-state index is 4.45. The normalized spacial score (nSPS) is 11.0. The van der Waals surface area contributed by atoms with Gasteiger partial charge in [0.1, 0.15) is 5.69 Å². The van der Waals surface area contributed by atoms with Gasteiger partial charge in [0.15, 0.2) is 5.82 Å². The number of hydrogen-bond acceptors (Lipinski definition) is 3. The van der Waals surface area contributed by atoms with Crippen molar-refractivity contribution in [3.63, 3.8) is 0 Å². The van der Waals surface area contributed by atoms with Crippen molar-refractivity contribution in [1.29, 1.82) is 0 Å². The fourth-order valence-corrected chi connectivity index (χ4v) is 2.65. The highest BCUT2D eigenvalue weighted by Gasteiger charge is 2.11. The van der Waals surface area contributed by atoms with Gasteiger partial charge in [-0.3, -0.25) is 0 Å². The van der Waals surface area contributed by atoms with E-state index < -0.39 is 0 Å². The van der Waals surface area contributed by atoms with Crippen molar-refractivity contribution < 1.29 is 0 Å². The van der Waals surface area contributed by atoms with Crippen molar-refractivity contribution in [2.24, 2.45) is 0 Å². The first-order chi connectivity index (χ1) is 11.3. The molecule has 0 aliphatic rings. The Hall–Kier alpha value is -3.15. The van der Waals surface area contributed by atoms with Crippen LogP contribution in [0.3, 0.4) is 0 Å². The second-order valence-corrected chi connectivity index (χ2v) is 5.38. The number of nitrogens with zero attached hydrogens (tertiary/aromatic N) is 5. The predicted molar refractivity (Wildman–Crippen MR) is 87.2 cm³/mol. The Balaban J connectivity index is 1.66. The summed E-state index contributed by atoms with van der Waals surface area (Å²) in [5, 5.41) is 4.28. The Morgan fingerprint density at radius 3 is 2.83 bits per heavy atom. The molecule has 23 heavy (non-hydrogen) atoms. The number of H-pyrrole nitrogens is 1. The third-order valence-corrected chi connectivity index (χ3v) is 3.79. The SMILES string of the molecule is Cc1[nH]cnc1-c1nccn1Cc1cccc(-n2cccn2)c1. The van der Waals surface area contributed by atoms with E-state index in [-0.39, 0.29) is 0 Å². The summed E-state index contributed by atoms with van der Waals surface area (Å²) in [6.45, 7) is 2.73. The molecule has 0 saturated heterocycles. The van der Waals surface area contributed by atoms with Crippen LogP contribution >= 0.6 is 0 Å². The van der Waals surface area contributed by atoms with Gasteiger partial charge in [-0.1, -0.05) is 12.1 Å². The summed E-state index contributed by atoms with van der Waals surface area (Å²) in [5.74, 6) is 0.869. The predicted octanol–water partition coefficient (Wildman–Crippen LogP) is 2.82. The van der Waals surface area contributed by atoms with Crippen molar-refractivity contribution in [3.8, 4) is 17.2 Å². The van der Waals surface area contributed by atoms with Crippen LogP contribution in [0.4, 0.5) is 0 Å². The largest absolute Gasteiger partial charge is 0.348 e. The summed E-state index contributed by atoms with van der Waals surface area (Å²) in [5.41, 5.74) is 4.14. The summed E-state index contributed by atoms with van der Waals surface area (Å²) >= 11 is 0. The fraction of sp³-hybridized carbons (Fsp3) is 0.118. The van der Waals surface area contributed by atoms with E-state index in [1.54, 1.807) is 18.7 Å². The van der Waals surface area contributed by atoms with Gasteiger partial charge in [-0.2, -0.15) is 5.10 Å². The first kappa shape index (κ1) is 13.5. The third kappa shape index (κ3) is 2.55. The van der Waals surface area contributed by atoms with Crippen LogP contribution in [0.2, 0.25) is 0 Å². The molecule has 114 valence electrons. The average molecular weight is 304 g/mol. The molecule has 0 amide bonds. The van der Waals surface area contributed by atoms with Gasteiger partial charge < -0.3 is 9.55 Å². The number of nitrogens with one attached hydrogen (secondary N) is 1. The maximum Gasteiger partial charge on any atom is 0.160 e. The van der Waals surface area contributed by atoms with Crippen molar-refractivity contribution in [2.75, 3.05) is 0 Å². The Morgan fingerprint density at radius 1 is 1.09 bits per heavy atom. The highest BCUT2D eigenvalue weighted by molar-refractivity contribution is 5.53. The summed E-state index contributed by atoms with van der Waals surface area (Å²) in [6, 6.07) is 10.2. The molecule has 0 aliphatic carbocycles. The first-order valence-electron chi connectivity index (χ1n) is 7.42. The van der Waals surface area contributed by atoms with Crippen LogP contribution in [-0.2, 0) is 6.54 Å². The number of imidazole rings is 2. The van der Waals surface area contributed by atoms with E-state index in [1.807, 2.05) is 42.2 Å². The van der Waals surface area contributed by atoms with Crippen molar-refractivity contribution in [2.45, 2.75) is 13.5 Å². The summed E-state index contributed by atoms with van der Waals surface area (Å²) in [7, 11) is 0. The van der Waals surface area contributed by atoms with Crippen molar-refractivity contribution in [1.82, 2.24) is 29.3 Å². The molecule has 1 N–H and O–H groups in total. The van der Waals surface area contributed by atoms with Crippen LogP contribution in [0.1, 0.15) is 11.3 Å². The van der Waals surface area contributed by atoms with E-state index in [4.69, 9.17) is 0 Å². The van der Waals surface area contributed by atoms with E-state index in [0.717, 1.165) is 29.4 Å². The standard InChI is InChI=1S/C17H16N6/c1-13-16(20-12-19-13)17-18-7-9-22(17)11-14-4-2-5-15(10-14)23-8-3-6-21-23/h2-10,12H,11H2,1H3,(H,19,20). The van der Waals surface area contributed by atoms with E-state index >= 15 is 0 Å². The molecule has 3 heterocycles. The molecular weight excluding hydrogens is 288 g/mol. The zero-order valence-corrected chi connectivity index (χ0v) is 12.7. The number of hydrogen-bond donors (Lipinski definition) is 1. The number of aromatic amines is 1. The lowest BCUT2D eigenvalue weighted by Gasteiger charge is -2.09. The minimum atomic E-state index is 0.733. The van der Waals surface area contributed by atoms with Gasteiger partial charge >= 0.3 is 0 Å². The maximum absolute atomic E-state index is 4.45. The zero-order chi connectivity index (χ0) is 15.6. The lowest BCUT2D eigenvalue weighted by molar-refractivity contribution is 0.798. The summed E-state index contributed by atoms with van der Waals surface area (Å²) in [4.78, 5) is 11.9. The average Bonchev–Trinajstić information content (AvgIpc) is 3.29. The molecule has 0 spiro atoms. The molecule has 3 aromatic heterocycles. The van der Waals surface area contributed by atoms with Crippen LogP contribution in [-0.4, -0.2) is 29.3 Å². The minimum absolute atomic E-state index is 0.733. The molecule has 0 radical (unpaired) electrons. The number of benzene rings is 1. The van der Waals surface area contributed by atoms with E-state index in [0.29, 0.717) is 0 Å². The Kier molecular flexibility index (Phi) is 3.27. The quantitative estimate of drug-likeness (QED) is 0.630. The molecule has 1 aromatic carbocycles. The molecule has 0 fully saturated rings. The van der Waals surface area contributed by atoms with Gasteiger partial charge in [-0.15, -0.1) is 0 Å². The molecule has 0 atom stereocenters. The second-order valence-electron chi connectivity index (χ2n) is 5.38. The van der Waals surface area contributed by atoms with Gasteiger partial charge in [-0.05, 0) is 30.7 Å². The second kappa shape index (κ2) is 5.57. The lowest BCUT2D eigenvalue weighted by Crippen LogP contribution is -2.03. The van der Waals surface area contributed by atoms with Crippen molar-refractivity contribution >= 4 is 0 Å². The molecule has 4 rings (SSSR count). The van der Waals surface area contributed by atoms with Crippen molar-refractivity contribution in [3.05, 3.63) is 72.7 Å². The van der Waals surface area contributed by atoms with Crippen LogP contribution in [0.25, 0.3) is 17.2 Å². The van der Waals surface area contributed by atoms with E-state index in [1.165, 1.54) is 5.56 Å². The van der Waals surface area contributed by atoms with Gasteiger partial charge in [0, 0.05) is 37.0 Å². The molecule has 4 aromatic rings. The van der Waals surface area contributed by atoms with Gasteiger partial charge in [0.05, 0.1) is 12.0 Å². The zero-order valence-electron chi connectivity index (χ0n) is 12.7. The van der Waals surface area contributed by atoms with Crippen LogP contribution in [0.15, 0.2) is 61.4 Å². The van der Waals surface area contributed by atoms with E-state index in [9.17, 15) is 0 Å².